The molecule has 2 N–H and O–H groups in total. The first kappa shape index (κ1) is 23.5. The molecule has 32 heavy (non-hydrogen) atoms. The number of carbonyl (C=O) groups excluding carboxylic acids is 2. The Balaban J connectivity index is 1.34. The van der Waals surface area contributed by atoms with Gasteiger partial charge < -0.3 is 15.4 Å². The number of amides is 2. The Morgan fingerprint density at radius 1 is 1.09 bits per heavy atom. The second-order valence-corrected chi connectivity index (χ2v) is 10.2. The van der Waals surface area contributed by atoms with Crippen molar-refractivity contribution in [2.24, 2.45) is 0 Å². The number of hydrogen-bond donors (Lipinski definition) is 2. The molecule has 2 saturated heterocycles. The Bertz CT molecular complexity index is 788. The van der Waals surface area contributed by atoms with Gasteiger partial charge in [-0.3, -0.25) is 14.5 Å². The Morgan fingerprint density at radius 3 is 2.47 bits per heavy atom. The van der Waals surface area contributed by atoms with Gasteiger partial charge in [0, 0.05) is 48.6 Å². The van der Waals surface area contributed by atoms with Gasteiger partial charge in [0.15, 0.2) is 0 Å². The quantitative estimate of drug-likeness (QED) is 0.622. The molecule has 1 saturated carbocycles. The fourth-order valence-electron chi connectivity index (χ4n) is 5.73. The van der Waals surface area contributed by atoms with Gasteiger partial charge in [0.2, 0.25) is 11.8 Å². The van der Waals surface area contributed by atoms with Crippen LogP contribution in [0.15, 0.2) is 24.3 Å². The van der Waals surface area contributed by atoms with Crippen molar-refractivity contribution >= 4 is 23.4 Å². The van der Waals surface area contributed by atoms with E-state index in [0.29, 0.717) is 30.8 Å². The molecule has 176 valence electrons. The predicted octanol–water partition coefficient (Wildman–Crippen LogP) is 3.46. The smallest absolute Gasteiger partial charge is 0.220 e. The molecule has 1 aromatic carbocycles. The average Bonchev–Trinajstić information content (AvgIpc) is 3.19. The van der Waals surface area contributed by atoms with Crippen LogP contribution in [-0.4, -0.2) is 60.6 Å². The number of nitrogens with zero attached hydrogens (tertiary/aromatic N) is 1. The summed E-state index contributed by atoms with van der Waals surface area (Å²) in [6.45, 7) is 4.17. The van der Waals surface area contributed by atoms with Crippen molar-refractivity contribution in [1.82, 2.24) is 15.5 Å². The summed E-state index contributed by atoms with van der Waals surface area (Å²) >= 11 is 6.02. The Hall–Kier alpha value is -1.63. The molecular formula is C25H36ClN3O3. The first-order valence-electron chi connectivity index (χ1n) is 12.1. The molecule has 1 atom stereocenters. The van der Waals surface area contributed by atoms with Gasteiger partial charge in [0.25, 0.3) is 0 Å². The standard InChI is InChI=1S/C25H36ClN3O3/c26-21-6-4-20(5-7-21)18-24(13-9-23(31)28-24)12-8-22(30)27-19-25(10-2-1-3-11-25)29-14-16-32-17-15-29/h4-7H,1-3,8-19H2,(H,27,30)(H,28,31). The molecule has 0 spiro atoms. The molecule has 0 radical (unpaired) electrons. The highest BCUT2D eigenvalue weighted by Crippen LogP contribution is 2.34. The summed E-state index contributed by atoms with van der Waals surface area (Å²) in [5.74, 6) is 0.160. The van der Waals surface area contributed by atoms with Crippen LogP contribution < -0.4 is 10.6 Å². The number of benzene rings is 1. The van der Waals surface area contributed by atoms with Crippen molar-refractivity contribution in [2.45, 2.75) is 75.3 Å². The minimum absolute atomic E-state index is 0.0697. The zero-order chi connectivity index (χ0) is 22.4. The van der Waals surface area contributed by atoms with Crippen LogP contribution in [0.25, 0.3) is 0 Å². The second-order valence-electron chi connectivity index (χ2n) is 9.79. The summed E-state index contributed by atoms with van der Waals surface area (Å²) in [7, 11) is 0. The molecule has 0 bridgehead atoms. The van der Waals surface area contributed by atoms with Crippen molar-refractivity contribution in [3.63, 3.8) is 0 Å². The molecule has 3 aliphatic rings. The fraction of sp³-hybridized carbons (Fsp3) is 0.680. The zero-order valence-corrected chi connectivity index (χ0v) is 19.7. The maximum Gasteiger partial charge on any atom is 0.220 e. The number of carbonyl (C=O) groups is 2. The van der Waals surface area contributed by atoms with E-state index in [9.17, 15) is 9.59 Å². The molecular weight excluding hydrogens is 426 g/mol. The summed E-state index contributed by atoms with van der Waals surface area (Å²) < 4.78 is 5.56. The highest BCUT2D eigenvalue weighted by Gasteiger charge is 2.40. The number of hydrogen-bond acceptors (Lipinski definition) is 4. The van der Waals surface area contributed by atoms with Crippen LogP contribution >= 0.6 is 11.6 Å². The lowest BCUT2D eigenvalue weighted by Crippen LogP contribution is -2.59. The molecule has 2 aliphatic heterocycles. The lowest BCUT2D eigenvalue weighted by molar-refractivity contribution is -0.123. The summed E-state index contributed by atoms with van der Waals surface area (Å²) in [5.41, 5.74) is 0.848. The number of nitrogens with one attached hydrogen (secondary N) is 2. The van der Waals surface area contributed by atoms with E-state index in [0.717, 1.165) is 57.6 Å². The van der Waals surface area contributed by atoms with E-state index < -0.39 is 0 Å². The minimum Gasteiger partial charge on any atom is -0.379 e. The van der Waals surface area contributed by atoms with Crippen LogP contribution in [0, 0.1) is 0 Å². The lowest BCUT2D eigenvalue weighted by atomic mass is 9.79. The second kappa shape index (κ2) is 10.5. The summed E-state index contributed by atoms with van der Waals surface area (Å²) in [4.78, 5) is 27.5. The molecule has 1 unspecified atom stereocenters. The number of halogens is 1. The van der Waals surface area contributed by atoms with Crippen LogP contribution in [0.1, 0.15) is 63.4 Å². The van der Waals surface area contributed by atoms with Crippen LogP contribution in [0.5, 0.6) is 0 Å². The Morgan fingerprint density at radius 2 is 1.81 bits per heavy atom. The summed E-state index contributed by atoms with van der Waals surface area (Å²) in [6.07, 6.45) is 9.11. The summed E-state index contributed by atoms with van der Waals surface area (Å²) in [6, 6.07) is 7.76. The first-order valence-corrected chi connectivity index (χ1v) is 12.5. The van der Waals surface area contributed by atoms with E-state index in [-0.39, 0.29) is 22.9 Å². The number of rotatable bonds is 8. The fourth-order valence-corrected chi connectivity index (χ4v) is 5.86. The third kappa shape index (κ3) is 5.83. The monoisotopic (exact) mass is 461 g/mol. The molecule has 3 fully saturated rings. The van der Waals surface area contributed by atoms with Crippen molar-refractivity contribution in [2.75, 3.05) is 32.8 Å². The molecule has 0 aromatic heterocycles. The maximum absolute atomic E-state index is 12.9. The molecule has 2 heterocycles. The zero-order valence-electron chi connectivity index (χ0n) is 19.0. The average molecular weight is 462 g/mol. The molecule has 6 nitrogen and oxygen atoms in total. The van der Waals surface area contributed by atoms with E-state index in [1.165, 1.54) is 19.3 Å². The largest absolute Gasteiger partial charge is 0.379 e. The van der Waals surface area contributed by atoms with Crippen molar-refractivity contribution < 1.29 is 14.3 Å². The Kier molecular flexibility index (Phi) is 7.74. The van der Waals surface area contributed by atoms with Gasteiger partial charge in [0.05, 0.1) is 13.2 Å². The van der Waals surface area contributed by atoms with Crippen molar-refractivity contribution in [1.29, 1.82) is 0 Å². The third-order valence-corrected chi connectivity index (χ3v) is 7.85. The van der Waals surface area contributed by atoms with Gasteiger partial charge in [0.1, 0.15) is 0 Å². The molecule has 4 rings (SSSR count). The van der Waals surface area contributed by atoms with Gasteiger partial charge in [-0.2, -0.15) is 0 Å². The van der Waals surface area contributed by atoms with Crippen molar-refractivity contribution in [3.05, 3.63) is 34.9 Å². The van der Waals surface area contributed by atoms with E-state index in [1.807, 2.05) is 24.3 Å². The number of morpholine rings is 1. The maximum atomic E-state index is 12.9. The van der Waals surface area contributed by atoms with E-state index >= 15 is 0 Å². The molecule has 1 aliphatic carbocycles. The molecule has 2 amide bonds. The van der Waals surface area contributed by atoms with Gasteiger partial charge >= 0.3 is 0 Å². The van der Waals surface area contributed by atoms with Crippen LogP contribution in [0.4, 0.5) is 0 Å². The topological polar surface area (TPSA) is 70.7 Å². The highest BCUT2D eigenvalue weighted by molar-refractivity contribution is 6.30. The first-order chi connectivity index (χ1) is 15.5. The van der Waals surface area contributed by atoms with Gasteiger partial charge in [-0.15, -0.1) is 0 Å². The normalized spacial score (nSPS) is 26.0. The van der Waals surface area contributed by atoms with Crippen LogP contribution in [0.2, 0.25) is 5.02 Å². The van der Waals surface area contributed by atoms with Crippen LogP contribution in [-0.2, 0) is 20.7 Å². The van der Waals surface area contributed by atoms with Gasteiger partial charge in [-0.05, 0) is 49.8 Å². The molecule has 1 aromatic rings. The lowest BCUT2D eigenvalue weighted by Gasteiger charge is -2.48. The predicted molar refractivity (Wildman–Crippen MR) is 126 cm³/mol. The van der Waals surface area contributed by atoms with E-state index in [2.05, 4.69) is 15.5 Å². The van der Waals surface area contributed by atoms with Gasteiger partial charge in [-0.25, -0.2) is 0 Å². The molecule has 7 heteroatoms. The van der Waals surface area contributed by atoms with Crippen molar-refractivity contribution in [3.8, 4) is 0 Å². The minimum atomic E-state index is -0.352. The highest BCUT2D eigenvalue weighted by atomic mass is 35.5. The Labute approximate surface area is 196 Å². The van der Waals surface area contributed by atoms with Crippen LogP contribution in [0.3, 0.4) is 0 Å². The third-order valence-electron chi connectivity index (χ3n) is 7.60. The van der Waals surface area contributed by atoms with E-state index in [1.54, 1.807) is 0 Å². The number of ether oxygens (including phenoxy) is 1. The van der Waals surface area contributed by atoms with E-state index in [4.69, 9.17) is 16.3 Å². The summed E-state index contributed by atoms with van der Waals surface area (Å²) in [5, 5.41) is 7.14. The van der Waals surface area contributed by atoms with Gasteiger partial charge in [-0.1, -0.05) is 43.0 Å². The SMILES string of the molecule is O=C(CCC1(Cc2ccc(Cl)cc2)CCC(=O)N1)NCC1(N2CCOCC2)CCCCC1.